The van der Waals surface area contributed by atoms with Gasteiger partial charge < -0.3 is 15.5 Å². The Morgan fingerprint density at radius 3 is 2.76 bits per heavy atom. The predicted octanol–water partition coefficient (Wildman–Crippen LogP) is 1.64. The van der Waals surface area contributed by atoms with Gasteiger partial charge in [0.25, 0.3) is 5.91 Å². The van der Waals surface area contributed by atoms with Gasteiger partial charge in [0.05, 0.1) is 17.1 Å². The van der Waals surface area contributed by atoms with E-state index < -0.39 is 0 Å². The fraction of sp³-hybridized carbons (Fsp3) is 0.250. The van der Waals surface area contributed by atoms with Crippen molar-refractivity contribution in [2.24, 2.45) is 5.73 Å². The molecule has 0 aliphatic carbocycles. The summed E-state index contributed by atoms with van der Waals surface area (Å²) in [6.07, 6.45) is 1.64. The molecule has 0 unspecified atom stereocenters. The molecule has 0 saturated heterocycles. The average molecular weight is 282 g/mol. The number of para-hydroxylation sites is 2. The van der Waals surface area contributed by atoms with Crippen LogP contribution in [0.2, 0.25) is 0 Å². The maximum absolute atomic E-state index is 12.8. The van der Waals surface area contributed by atoms with Gasteiger partial charge >= 0.3 is 0 Å². The Labute approximate surface area is 124 Å². The molecule has 0 atom stereocenters. The van der Waals surface area contributed by atoms with E-state index in [-0.39, 0.29) is 5.91 Å². The number of fused-ring (bicyclic) bond motifs is 1. The molecule has 5 nitrogen and oxygen atoms in total. The van der Waals surface area contributed by atoms with Gasteiger partial charge in [-0.25, -0.2) is 0 Å². The molecule has 1 aromatic carbocycles. The second kappa shape index (κ2) is 5.54. The summed E-state index contributed by atoms with van der Waals surface area (Å²) in [4.78, 5) is 20.9. The van der Waals surface area contributed by atoms with Crippen LogP contribution in [0.1, 0.15) is 16.1 Å². The van der Waals surface area contributed by atoms with E-state index in [1.165, 1.54) is 0 Å². The molecular weight excluding hydrogens is 264 g/mol. The van der Waals surface area contributed by atoms with Gasteiger partial charge in [-0.05, 0) is 24.3 Å². The van der Waals surface area contributed by atoms with Gasteiger partial charge in [0.15, 0.2) is 0 Å². The molecule has 3 rings (SSSR count). The number of aromatic nitrogens is 1. The zero-order chi connectivity index (χ0) is 14.8. The van der Waals surface area contributed by atoms with Crippen molar-refractivity contribution in [2.75, 3.05) is 29.9 Å². The highest BCUT2D eigenvalue weighted by Crippen LogP contribution is 2.32. The third-order valence-corrected chi connectivity index (χ3v) is 3.76. The first kappa shape index (κ1) is 13.6. The minimum atomic E-state index is -0.00681. The van der Waals surface area contributed by atoms with E-state index in [2.05, 4.69) is 9.88 Å². The Kier molecular flexibility index (Phi) is 3.58. The third kappa shape index (κ3) is 2.48. The molecule has 0 fully saturated rings. The summed E-state index contributed by atoms with van der Waals surface area (Å²) in [7, 11) is 2.04. The van der Waals surface area contributed by atoms with Crippen molar-refractivity contribution >= 4 is 17.3 Å². The monoisotopic (exact) mass is 282 g/mol. The number of likely N-dealkylation sites (N-methyl/N-ethyl adjacent to an activating group) is 1. The Balaban J connectivity index is 1.97. The molecule has 2 N–H and O–H groups in total. The third-order valence-electron chi connectivity index (χ3n) is 3.76. The van der Waals surface area contributed by atoms with E-state index in [4.69, 9.17) is 5.73 Å². The number of nitrogens with two attached hydrogens (primary N) is 1. The van der Waals surface area contributed by atoms with Gasteiger partial charge in [-0.15, -0.1) is 0 Å². The zero-order valence-corrected chi connectivity index (χ0v) is 12.0. The lowest BCUT2D eigenvalue weighted by atomic mass is 10.1. The van der Waals surface area contributed by atoms with E-state index in [1.54, 1.807) is 18.3 Å². The molecule has 1 aromatic heterocycles. The van der Waals surface area contributed by atoms with Gasteiger partial charge in [-0.3, -0.25) is 9.78 Å². The number of hydrogen-bond donors (Lipinski definition) is 1. The normalized spacial score (nSPS) is 14.0. The van der Waals surface area contributed by atoms with Crippen LogP contribution < -0.4 is 15.5 Å². The molecule has 0 bridgehead atoms. The summed E-state index contributed by atoms with van der Waals surface area (Å²) >= 11 is 0. The highest BCUT2D eigenvalue weighted by atomic mass is 16.2. The molecule has 5 heteroatoms. The number of amides is 1. The zero-order valence-electron chi connectivity index (χ0n) is 12.0. The van der Waals surface area contributed by atoms with E-state index in [1.807, 2.05) is 36.2 Å². The van der Waals surface area contributed by atoms with Gasteiger partial charge in [0, 0.05) is 38.4 Å². The fourth-order valence-corrected chi connectivity index (χ4v) is 2.60. The van der Waals surface area contributed by atoms with Crippen molar-refractivity contribution in [1.29, 1.82) is 0 Å². The first-order chi connectivity index (χ1) is 10.2. The standard InChI is InChI=1S/C16H18N4O/c1-19-8-9-20(15-5-3-2-4-14(15)19)16(21)12-6-7-18-13(10-12)11-17/h2-7,10H,8-9,11,17H2,1H3. The van der Waals surface area contributed by atoms with E-state index in [0.29, 0.717) is 18.7 Å². The Bertz CT molecular complexity index is 671. The molecule has 2 heterocycles. The Morgan fingerprint density at radius 1 is 1.24 bits per heavy atom. The summed E-state index contributed by atoms with van der Waals surface area (Å²) in [5, 5.41) is 0. The number of carbonyl (C=O) groups is 1. The minimum Gasteiger partial charge on any atom is -0.371 e. The van der Waals surface area contributed by atoms with Crippen LogP contribution in [-0.2, 0) is 6.54 Å². The van der Waals surface area contributed by atoms with Crippen molar-refractivity contribution in [1.82, 2.24) is 4.98 Å². The number of hydrogen-bond acceptors (Lipinski definition) is 4. The lowest BCUT2D eigenvalue weighted by Crippen LogP contribution is -2.42. The van der Waals surface area contributed by atoms with E-state index in [0.717, 1.165) is 23.6 Å². The van der Waals surface area contributed by atoms with Crippen molar-refractivity contribution in [3.8, 4) is 0 Å². The molecule has 1 aliphatic rings. The predicted molar refractivity (Wildman–Crippen MR) is 83.5 cm³/mol. The maximum atomic E-state index is 12.8. The van der Waals surface area contributed by atoms with Crippen LogP contribution in [0.25, 0.3) is 0 Å². The second-order valence-corrected chi connectivity index (χ2v) is 5.11. The molecular formula is C16H18N4O. The maximum Gasteiger partial charge on any atom is 0.258 e. The lowest BCUT2D eigenvalue weighted by molar-refractivity contribution is 0.0986. The van der Waals surface area contributed by atoms with Crippen LogP contribution in [0.5, 0.6) is 0 Å². The molecule has 21 heavy (non-hydrogen) atoms. The topological polar surface area (TPSA) is 62.5 Å². The van der Waals surface area contributed by atoms with E-state index >= 15 is 0 Å². The van der Waals surface area contributed by atoms with Gasteiger partial charge in [-0.1, -0.05) is 12.1 Å². The number of carbonyl (C=O) groups excluding carboxylic acids is 1. The van der Waals surface area contributed by atoms with Gasteiger partial charge in [0.1, 0.15) is 0 Å². The smallest absolute Gasteiger partial charge is 0.258 e. The number of anilines is 2. The lowest BCUT2D eigenvalue weighted by Gasteiger charge is -2.35. The fourth-order valence-electron chi connectivity index (χ4n) is 2.60. The summed E-state index contributed by atoms with van der Waals surface area (Å²) in [5.41, 5.74) is 8.97. The SMILES string of the molecule is CN1CCN(C(=O)c2ccnc(CN)c2)c2ccccc21. The van der Waals surface area contributed by atoms with Crippen molar-refractivity contribution in [3.63, 3.8) is 0 Å². The Hall–Kier alpha value is -2.40. The van der Waals surface area contributed by atoms with Crippen LogP contribution in [0.3, 0.4) is 0 Å². The largest absolute Gasteiger partial charge is 0.371 e. The summed E-state index contributed by atoms with van der Waals surface area (Å²) < 4.78 is 0. The van der Waals surface area contributed by atoms with Gasteiger partial charge in [-0.2, -0.15) is 0 Å². The first-order valence-electron chi connectivity index (χ1n) is 6.97. The summed E-state index contributed by atoms with van der Waals surface area (Å²) in [6.45, 7) is 1.82. The number of pyridine rings is 1. The molecule has 0 radical (unpaired) electrons. The van der Waals surface area contributed by atoms with Crippen molar-refractivity contribution < 1.29 is 4.79 Å². The van der Waals surface area contributed by atoms with E-state index in [9.17, 15) is 4.79 Å². The first-order valence-corrected chi connectivity index (χ1v) is 6.97. The summed E-state index contributed by atoms with van der Waals surface area (Å²) in [6, 6.07) is 11.5. The molecule has 2 aromatic rings. The molecule has 1 amide bonds. The molecule has 1 aliphatic heterocycles. The highest BCUT2D eigenvalue weighted by Gasteiger charge is 2.25. The molecule has 108 valence electrons. The molecule has 0 spiro atoms. The van der Waals surface area contributed by atoms with Crippen LogP contribution >= 0.6 is 0 Å². The number of rotatable bonds is 2. The minimum absolute atomic E-state index is 0.00681. The van der Waals surface area contributed by atoms with Crippen molar-refractivity contribution in [2.45, 2.75) is 6.54 Å². The summed E-state index contributed by atoms with van der Waals surface area (Å²) in [5.74, 6) is -0.00681. The van der Waals surface area contributed by atoms with Gasteiger partial charge in [0.2, 0.25) is 0 Å². The average Bonchev–Trinajstić information content (AvgIpc) is 2.55. The quantitative estimate of drug-likeness (QED) is 0.909. The highest BCUT2D eigenvalue weighted by molar-refractivity contribution is 6.08. The van der Waals surface area contributed by atoms with Crippen LogP contribution in [0.4, 0.5) is 11.4 Å². The Morgan fingerprint density at radius 2 is 2.00 bits per heavy atom. The van der Waals surface area contributed by atoms with Crippen LogP contribution in [-0.4, -0.2) is 31.0 Å². The number of nitrogens with zero attached hydrogens (tertiary/aromatic N) is 3. The van der Waals surface area contributed by atoms with Crippen LogP contribution in [0.15, 0.2) is 42.6 Å². The van der Waals surface area contributed by atoms with Crippen molar-refractivity contribution in [3.05, 3.63) is 53.9 Å². The van der Waals surface area contributed by atoms with Crippen LogP contribution in [0, 0.1) is 0 Å². The number of benzene rings is 1. The molecule has 0 saturated carbocycles. The second-order valence-electron chi connectivity index (χ2n) is 5.11.